The van der Waals surface area contributed by atoms with Crippen LogP contribution in [0.4, 0.5) is 11.4 Å². The molecule has 2 N–H and O–H groups in total. The number of ether oxygens (including phenoxy) is 1. The quantitative estimate of drug-likeness (QED) is 0.580. The first-order valence-corrected chi connectivity index (χ1v) is 11.7. The molecule has 9 nitrogen and oxygen atoms in total. The van der Waals surface area contributed by atoms with Crippen LogP contribution in [0, 0.1) is 13.8 Å². The maximum Gasteiger partial charge on any atom is 0.294 e. The number of carbonyl (C=O) groups is 1. The van der Waals surface area contributed by atoms with Gasteiger partial charge >= 0.3 is 0 Å². The van der Waals surface area contributed by atoms with Crippen molar-refractivity contribution in [1.82, 2.24) is 10.1 Å². The Hall–Kier alpha value is -3.40. The van der Waals surface area contributed by atoms with Crippen molar-refractivity contribution in [2.24, 2.45) is 0 Å². The van der Waals surface area contributed by atoms with Gasteiger partial charge in [-0.15, -0.1) is 0 Å². The van der Waals surface area contributed by atoms with Crippen LogP contribution in [0.3, 0.4) is 0 Å². The number of sulfonamides is 1. The highest BCUT2D eigenvalue weighted by Crippen LogP contribution is 2.30. The number of nitrogens with zero attached hydrogens (tertiary/aromatic N) is 2. The monoisotopic (exact) mass is 456 g/mol. The predicted molar refractivity (Wildman–Crippen MR) is 119 cm³/mol. The second-order valence-electron chi connectivity index (χ2n) is 7.70. The molecule has 4 rings (SSSR count). The van der Waals surface area contributed by atoms with E-state index in [1.807, 2.05) is 32.0 Å². The predicted octanol–water partition coefficient (Wildman–Crippen LogP) is 3.63. The lowest BCUT2D eigenvalue weighted by Crippen LogP contribution is -2.18. The van der Waals surface area contributed by atoms with Gasteiger partial charge < -0.3 is 14.6 Å². The number of nitrogens with one attached hydrogen (secondary N) is 2. The first kappa shape index (κ1) is 21.8. The van der Waals surface area contributed by atoms with Gasteiger partial charge in [-0.3, -0.25) is 9.52 Å². The zero-order chi connectivity index (χ0) is 22.9. The SMILES string of the molecule is COc1ncc(NC(=O)c2onc3c2CCCC3)cc1S(=O)(=O)Nc1c(C)cccc1C. The lowest BCUT2D eigenvalue weighted by Gasteiger charge is -2.15. The standard InChI is InChI=1S/C22H24N4O5S/c1-13-7-6-8-14(2)19(13)26-32(28,29)18-11-15(12-23-22(18)30-3)24-21(27)20-16-9-4-5-10-17(16)25-31-20/h6-8,11-12,26H,4-5,9-10H2,1-3H3,(H,24,27). The van der Waals surface area contributed by atoms with E-state index in [1.54, 1.807) is 0 Å². The highest BCUT2D eigenvalue weighted by molar-refractivity contribution is 7.92. The molecule has 0 aliphatic heterocycles. The van der Waals surface area contributed by atoms with E-state index < -0.39 is 15.9 Å². The van der Waals surface area contributed by atoms with Crippen LogP contribution in [-0.2, 0) is 22.9 Å². The summed E-state index contributed by atoms with van der Waals surface area (Å²) in [5.41, 5.74) is 3.84. The summed E-state index contributed by atoms with van der Waals surface area (Å²) in [4.78, 5) is 16.6. The van der Waals surface area contributed by atoms with E-state index in [9.17, 15) is 13.2 Å². The van der Waals surface area contributed by atoms with Gasteiger partial charge in [-0.05, 0) is 56.7 Å². The third-order valence-electron chi connectivity index (χ3n) is 5.44. The molecule has 2 aromatic heterocycles. The summed E-state index contributed by atoms with van der Waals surface area (Å²) >= 11 is 0. The third kappa shape index (κ3) is 4.18. The van der Waals surface area contributed by atoms with Crippen LogP contribution in [0.15, 0.2) is 39.9 Å². The maximum absolute atomic E-state index is 13.2. The number of amides is 1. The molecule has 32 heavy (non-hydrogen) atoms. The number of fused-ring (bicyclic) bond motifs is 1. The van der Waals surface area contributed by atoms with Crippen LogP contribution < -0.4 is 14.8 Å². The first-order chi connectivity index (χ1) is 15.3. The van der Waals surface area contributed by atoms with E-state index in [-0.39, 0.29) is 22.2 Å². The second kappa shape index (κ2) is 8.62. The molecule has 1 aromatic carbocycles. The van der Waals surface area contributed by atoms with Gasteiger partial charge in [0.2, 0.25) is 11.6 Å². The van der Waals surface area contributed by atoms with Crippen molar-refractivity contribution in [3.05, 3.63) is 58.6 Å². The number of aromatic nitrogens is 2. The van der Waals surface area contributed by atoms with Gasteiger partial charge in [0.25, 0.3) is 15.9 Å². The van der Waals surface area contributed by atoms with Gasteiger partial charge in [0.15, 0.2) is 4.90 Å². The second-order valence-corrected chi connectivity index (χ2v) is 9.35. The zero-order valence-electron chi connectivity index (χ0n) is 18.1. The summed E-state index contributed by atoms with van der Waals surface area (Å²) in [6, 6.07) is 6.79. The number of rotatable bonds is 6. The normalized spacial score (nSPS) is 13.3. The molecule has 3 aromatic rings. The van der Waals surface area contributed by atoms with Crippen LogP contribution in [0.1, 0.15) is 45.8 Å². The van der Waals surface area contributed by atoms with E-state index in [1.165, 1.54) is 19.4 Å². The van der Waals surface area contributed by atoms with Crippen molar-refractivity contribution in [2.75, 3.05) is 17.1 Å². The van der Waals surface area contributed by atoms with Gasteiger partial charge in [-0.1, -0.05) is 23.4 Å². The number of methoxy groups -OCH3 is 1. The van der Waals surface area contributed by atoms with Gasteiger partial charge in [0, 0.05) is 5.56 Å². The van der Waals surface area contributed by atoms with Gasteiger partial charge in [0.05, 0.1) is 30.4 Å². The number of carbonyl (C=O) groups excluding carboxylic acids is 1. The van der Waals surface area contributed by atoms with Crippen molar-refractivity contribution < 1.29 is 22.5 Å². The Morgan fingerprint density at radius 2 is 1.88 bits per heavy atom. The first-order valence-electron chi connectivity index (χ1n) is 10.2. The van der Waals surface area contributed by atoms with Crippen LogP contribution >= 0.6 is 0 Å². The van der Waals surface area contributed by atoms with Gasteiger partial charge in [-0.25, -0.2) is 13.4 Å². The van der Waals surface area contributed by atoms with E-state index in [0.29, 0.717) is 5.69 Å². The minimum atomic E-state index is -4.05. The van der Waals surface area contributed by atoms with Crippen LogP contribution in [-0.4, -0.2) is 31.6 Å². The lowest BCUT2D eigenvalue weighted by molar-refractivity contribution is 0.0986. The van der Waals surface area contributed by atoms with Crippen LogP contribution in [0.5, 0.6) is 5.88 Å². The van der Waals surface area contributed by atoms with Gasteiger partial charge in [0.1, 0.15) is 0 Å². The fourth-order valence-electron chi connectivity index (χ4n) is 3.77. The van der Waals surface area contributed by atoms with Crippen molar-refractivity contribution in [2.45, 2.75) is 44.4 Å². The molecule has 168 valence electrons. The fraction of sp³-hybridized carbons (Fsp3) is 0.318. The number of benzene rings is 1. The molecule has 0 bridgehead atoms. The summed E-state index contributed by atoms with van der Waals surface area (Å²) < 4.78 is 39.4. The molecule has 2 heterocycles. The number of hydrogen-bond acceptors (Lipinski definition) is 7. The summed E-state index contributed by atoms with van der Waals surface area (Å²) in [6.45, 7) is 3.63. The van der Waals surface area contributed by atoms with Crippen molar-refractivity contribution in [3.8, 4) is 5.88 Å². The average molecular weight is 457 g/mol. The molecule has 0 spiro atoms. The number of anilines is 2. The van der Waals surface area contributed by atoms with Gasteiger partial charge in [-0.2, -0.15) is 0 Å². The summed E-state index contributed by atoms with van der Waals surface area (Å²) in [5, 5.41) is 6.65. The molecule has 1 amide bonds. The molecule has 0 unspecified atom stereocenters. The highest BCUT2D eigenvalue weighted by atomic mass is 32.2. The number of pyridine rings is 1. The largest absolute Gasteiger partial charge is 0.480 e. The van der Waals surface area contributed by atoms with E-state index in [0.717, 1.165) is 48.1 Å². The van der Waals surface area contributed by atoms with Crippen LogP contribution in [0.25, 0.3) is 0 Å². The molecule has 1 aliphatic rings. The maximum atomic E-state index is 13.2. The molecule has 0 saturated carbocycles. The lowest BCUT2D eigenvalue weighted by atomic mass is 9.96. The zero-order valence-corrected chi connectivity index (χ0v) is 18.9. The Bertz CT molecular complexity index is 1260. The van der Waals surface area contributed by atoms with Crippen molar-refractivity contribution in [3.63, 3.8) is 0 Å². The Kier molecular flexibility index (Phi) is 5.88. The third-order valence-corrected chi connectivity index (χ3v) is 6.79. The minimum Gasteiger partial charge on any atom is -0.480 e. The Labute approximate surface area is 186 Å². The highest BCUT2D eigenvalue weighted by Gasteiger charge is 2.26. The smallest absolute Gasteiger partial charge is 0.294 e. The number of para-hydroxylation sites is 1. The van der Waals surface area contributed by atoms with Crippen molar-refractivity contribution >= 4 is 27.3 Å². The van der Waals surface area contributed by atoms with Crippen molar-refractivity contribution in [1.29, 1.82) is 0 Å². The summed E-state index contributed by atoms with van der Waals surface area (Å²) in [6.07, 6.45) is 4.81. The Balaban J connectivity index is 1.64. The molecule has 0 fully saturated rings. The van der Waals surface area contributed by atoms with Crippen LogP contribution in [0.2, 0.25) is 0 Å². The number of aryl methyl sites for hydroxylation is 3. The molecule has 0 saturated heterocycles. The van der Waals surface area contributed by atoms with E-state index in [4.69, 9.17) is 9.26 Å². The molecule has 0 atom stereocenters. The van der Waals surface area contributed by atoms with E-state index in [2.05, 4.69) is 20.2 Å². The summed E-state index contributed by atoms with van der Waals surface area (Å²) in [7, 11) is -2.72. The molecular formula is C22H24N4O5S. The molecule has 0 radical (unpaired) electrons. The Morgan fingerprint density at radius 3 is 2.59 bits per heavy atom. The van der Waals surface area contributed by atoms with E-state index >= 15 is 0 Å². The minimum absolute atomic E-state index is 0.0845. The average Bonchev–Trinajstić information content (AvgIpc) is 3.21. The summed E-state index contributed by atoms with van der Waals surface area (Å²) in [5.74, 6) is -0.439. The fourth-order valence-corrected chi connectivity index (χ4v) is 5.12. The molecular weight excluding hydrogens is 432 g/mol. The molecule has 1 aliphatic carbocycles. The Morgan fingerprint density at radius 1 is 1.16 bits per heavy atom. The topological polar surface area (TPSA) is 123 Å². The molecule has 10 heteroatoms. The number of hydrogen-bond donors (Lipinski definition) is 2.